The summed E-state index contributed by atoms with van der Waals surface area (Å²) in [4.78, 5) is 0. The molecule has 2 aromatic carbocycles. The molecule has 0 aliphatic carbocycles. The van der Waals surface area contributed by atoms with Gasteiger partial charge in [-0.25, -0.2) is 35.1 Å². The van der Waals surface area contributed by atoms with Crippen LogP contribution in [-0.4, -0.2) is 13.1 Å². The molecule has 0 aliphatic rings. The molecule has 0 fully saturated rings. The SMILES string of the molecule is CCCNCCC.Fc1ccc(-c2c(F)c(F)c(F)c(F)c2F)c(F)c1F. The number of nitrogens with one attached hydrogen (secondary N) is 1. The molecule has 0 unspecified atom stereocenters. The van der Waals surface area contributed by atoms with Gasteiger partial charge in [0.15, 0.2) is 40.7 Å². The van der Waals surface area contributed by atoms with E-state index in [2.05, 4.69) is 19.2 Å². The summed E-state index contributed by atoms with van der Waals surface area (Å²) in [6, 6.07) is 0.665. The number of benzene rings is 2. The molecule has 0 bridgehead atoms. The zero-order valence-electron chi connectivity index (χ0n) is 14.5. The molecule has 0 amide bonds. The molecule has 1 nitrogen and oxygen atoms in total. The van der Waals surface area contributed by atoms with E-state index in [4.69, 9.17) is 0 Å². The van der Waals surface area contributed by atoms with Crippen LogP contribution in [0.3, 0.4) is 0 Å². The third kappa shape index (κ3) is 5.18. The molecule has 150 valence electrons. The van der Waals surface area contributed by atoms with Crippen molar-refractivity contribution in [1.29, 1.82) is 0 Å². The zero-order chi connectivity index (χ0) is 20.7. The van der Waals surface area contributed by atoms with E-state index in [1.807, 2.05) is 0 Å². The van der Waals surface area contributed by atoms with Crippen LogP contribution in [0, 0.1) is 46.5 Å². The Labute approximate surface area is 151 Å². The first kappa shape index (κ1) is 22.9. The second-order valence-corrected chi connectivity index (χ2v) is 5.42. The van der Waals surface area contributed by atoms with Gasteiger partial charge in [0.25, 0.3) is 0 Å². The molecule has 1 N–H and O–H groups in total. The lowest BCUT2D eigenvalue weighted by Crippen LogP contribution is -2.14. The van der Waals surface area contributed by atoms with Gasteiger partial charge in [-0.15, -0.1) is 0 Å². The summed E-state index contributed by atoms with van der Waals surface area (Å²) in [5.41, 5.74) is -2.95. The highest BCUT2D eigenvalue weighted by Gasteiger charge is 2.29. The number of halogens is 8. The van der Waals surface area contributed by atoms with Crippen molar-refractivity contribution in [2.45, 2.75) is 26.7 Å². The van der Waals surface area contributed by atoms with E-state index in [0.29, 0.717) is 12.1 Å². The minimum Gasteiger partial charge on any atom is -0.317 e. The Hall–Kier alpha value is -2.16. The molecule has 2 rings (SSSR count). The van der Waals surface area contributed by atoms with E-state index in [1.165, 1.54) is 25.9 Å². The van der Waals surface area contributed by atoms with Gasteiger partial charge in [-0.2, -0.15) is 0 Å². The lowest BCUT2D eigenvalue weighted by atomic mass is 10.0. The highest BCUT2D eigenvalue weighted by atomic mass is 19.2. The summed E-state index contributed by atoms with van der Waals surface area (Å²) in [5.74, 6) is -17.6. The molecule has 2 aromatic rings. The van der Waals surface area contributed by atoms with Crippen LogP contribution in [0.1, 0.15) is 26.7 Å². The zero-order valence-corrected chi connectivity index (χ0v) is 14.5. The Morgan fingerprint density at radius 3 is 1.48 bits per heavy atom. The molecule has 27 heavy (non-hydrogen) atoms. The van der Waals surface area contributed by atoms with Gasteiger partial charge < -0.3 is 5.32 Å². The van der Waals surface area contributed by atoms with Crippen LogP contribution in [0.2, 0.25) is 0 Å². The van der Waals surface area contributed by atoms with Gasteiger partial charge in [-0.1, -0.05) is 13.8 Å². The molecule has 0 spiro atoms. The summed E-state index contributed by atoms with van der Waals surface area (Å²) in [7, 11) is 0. The van der Waals surface area contributed by atoms with Gasteiger partial charge in [-0.05, 0) is 38.1 Å². The maximum atomic E-state index is 13.4. The molecule has 9 heteroatoms. The highest BCUT2D eigenvalue weighted by molar-refractivity contribution is 5.66. The van der Waals surface area contributed by atoms with Crippen molar-refractivity contribution in [3.05, 3.63) is 58.7 Å². The smallest absolute Gasteiger partial charge is 0.200 e. The Balaban J connectivity index is 0.000000445. The van der Waals surface area contributed by atoms with Crippen molar-refractivity contribution in [3.63, 3.8) is 0 Å². The Morgan fingerprint density at radius 1 is 0.593 bits per heavy atom. The van der Waals surface area contributed by atoms with E-state index in [-0.39, 0.29) is 0 Å². The maximum absolute atomic E-state index is 13.4. The molecule has 0 heterocycles. The topological polar surface area (TPSA) is 12.0 Å². The minimum atomic E-state index is -2.44. The molecule has 0 aliphatic heterocycles. The quantitative estimate of drug-likeness (QED) is 0.287. The molecular weight excluding hydrogens is 382 g/mol. The largest absolute Gasteiger partial charge is 0.317 e. The van der Waals surface area contributed by atoms with E-state index in [0.717, 1.165) is 0 Å². The second kappa shape index (κ2) is 10.2. The van der Waals surface area contributed by atoms with Crippen LogP contribution in [-0.2, 0) is 0 Å². The first-order chi connectivity index (χ1) is 12.7. The van der Waals surface area contributed by atoms with Crippen LogP contribution in [0.4, 0.5) is 35.1 Å². The minimum absolute atomic E-state index is 0.297. The van der Waals surface area contributed by atoms with Crippen LogP contribution in [0.15, 0.2) is 12.1 Å². The first-order valence-electron chi connectivity index (χ1n) is 8.04. The average Bonchev–Trinajstić information content (AvgIpc) is 2.66. The van der Waals surface area contributed by atoms with E-state index in [9.17, 15) is 35.1 Å². The third-order valence-electron chi connectivity index (χ3n) is 3.37. The van der Waals surface area contributed by atoms with Gasteiger partial charge in [-0.3, -0.25) is 0 Å². The fourth-order valence-corrected chi connectivity index (χ4v) is 2.04. The van der Waals surface area contributed by atoms with Gasteiger partial charge in [0, 0.05) is 5.56 Å². The van der Waals surface area contributed by atoms with Crippen LogP contribution in [0.5, 0.6) is 0 Å². The normalized spacial score (nSPS) is 10.6. The molecule has 0 radical (unpaired) electrons. The van der Waals surface area contributed by atoms with Crippen molar-refractivity contribution in [2.75, 3.05) is 13.1 Å². The lowest BCUT2D eigenvalue weighted by molar-refractivity contribution is 0.380. The maximum Gasteiger partial charge on any atom is 0.200 e. The van der Waals surface area contributed by atoms with Crippen LogP contribution >= 0.6 is 0 Å². The average molecular weight is 399 g/mol. The summed E-state index contributed by atoms with van der Waals surface area (Å²) < 4.78 is 105. The lowest BCUT2D eigenvalue weighted by Gasteiger charge is -2.09. The van der Waals surface area contributed by atoms with Gasteiger partial charge >= 0.3 is 0 Å². The van der Waals surface area contributed by atoms with E-state index >= 15 is 0 Å². The molecule has 0 aromatic heterocycles. The first-order valence-corrected chi connectivity index (χ1v) is 8.04. The number of hydrogen-bond donors (Lipinski definition) is 1. The summed E-state index contributed by atoms with van der Waals surface area (Å²) in [6.07, 6.45) is 2.50. The van der Waals surface area contributed by atoms with Gasteiger partial charge in [0.2, 0.25) is 5.82 Å². The van der Waals surface area contributed by atoms with E-state index < -0.39 is 57.7 Å². The van der Waals surface area contributed by atoms with Gasteiger partial charge in [0.05, 0.1) is 5.56 Å². The fourth-order valence-electron chi connectivity index (χ4n) is 2.04. The standard InChI is InChI=1S/C12H2F8.C6H15N/c13-4-2-1-3(6(14)7(4)15)5-8(16)10(18)12(20)11(19)9(5)17;1-3-5-7-6-4-2/h1-2H;7H,3-6H2,1-2H3. The fraction of sp³-hybridized carbons (Fsp3) is 0.333. The molecule has 0 saturated heterocycles. The predicted molar refractivity (Wildman–Crippen MR) is 85.0 cm³/mol. The molecular formula is C18H17F8N. The summed E-state index contributed by atoms with van der Waals surface area (Å²) in [6.45, 7) is 6.72. The van der Waals surface area contributed by atoms with Gasteiger partial charge in [0.1, 0.15) is 0 Å². The predicted octanol–water partition coefficient (Wildman–Crippen LogP) is 5.86. The number of rotatable bonds is 5. The Kier molecular flexibility index (Phi) is 8.68. The molecule has 0 saturated carbocycles. The van der Waals surface area contributed by atoms with Crippen molar-refractivity contribution in [1.82, 2.24) is 5.32 Å². The van der Waals surface area contributed by atoms with Crippen molar-refractivity contribution < 1.29 is 35.1 Å². The van der Waals surface area contributed by atoms with Crippen LogP contribution < -0.4 is 5.32 Å². The van der Waals surface area contributed by atoms with Crippen LogP contribution in [0.25, 0.3) is 11.1 Å². The van der Waals surface area contributed by atoms with Crippen molar-refractivity contribution in [3.8, 4) is 11.1 Å². The second-order valence-electron chi connectivity index (χ2n) is 5.42. The Morgan fingerprint density at radius 2 is 1.04 bits per heavy atom. The number of hydrogen-bond acceptors (Lipinski definition) is 1. The Bertz CT molecular complexity index is 759. The monoisotopic (exact) mass is 399 g/mol. The molecule has 0 atom stereocenters. The van der Waals surface area contributed by atoms with Crippen molar-refractivity contribution in [2.24, 2.45) is 0 Å². The van der Waals surface area contributed by atoms with E-state index in [1.54, 1.807) is 0 Å². The highest BCUT2D eigenvalue weighted by Crippen LogP contribution is 2.34. The summed E-state index contributed by atoms with van der Waals surface area (Å²) >= 11 is 0. The third-order valence-corrected chi connectivity index (χ3v) is 3.37. The van der Waals surface area contributed by atoms with Crippen molar-refractivity contribution >= 4 is 0 Å². The summed E-state index contributed by atoms with van der Waals surface area (Å²) in [5, 5.41) is 3.28.